The fourth-order valence-corrected chi connectivity index (χ4v) is 1.68. The number of nitrogens with zero attached hydrogens (tertiary/aromatic N) is 1. The molecule has 13 heavy (non-hydrogen) atoms. The van der Waals surface area contributed by atoms with Crippen LogP contribution in [0.4, 0.5) is 0 Å². The molecule has 2 rings (SSSR count). The molecule has 0 aromatic carbocycles. The second kappa shape index (κ2) is 3.36. The number of rotatable bonds is 2. The van der Waals surface area contributed by atoms with Gasteiger partial charge >= 0.3 is 0 Å². The third-order valence-corrected chi connectivity index (χ3v) is 2.48. The van der Waals surface area contributed by atoms with Crippen molar-refractivity contribution in [1.82, 2.24) is 4.98 Å². The Kier molecular flexibility index (Phi) is 2.21. The first kappa shape index (κ1) is 8.54. The van der Waals surface area contributed by atoms with Gasteiger partial charge in [-0.3, -0.25) is 0 Å². The Labute approximate surface area is 78.9 Å². The molecular formula is C11H15NO. The fraction of sp³-hybridized carbons (Fsp3) is 0.545. The highest BCUT2D eigenvalue weighted by molar-refractivity contribution is 5.15. The van der Waals surface area contributed by atoms with Crippen LogP contribution in [-0.4, -0.2) is 11.1 Å². The average molecular weight is 177 g/mol. The van der Waals surface area contributed by atoms with Crippen LogP contribution in [0.5, 0.6) is 5.88 Å². The van der Waals surface area contributed by atoms with Gasteiger partial charge in [-0.2, -0.15) is 0 Å². The van der Waals surface area contributed by atoms with E-state index in [1.165, 1.54) is 12.8 Å². The Bertz CT molecular complexity index is 292. The van der Waals surface area contributed by atoms with Crippen molar-refractivity contribution in [3.8, 4) is 5.88 Å². The molecule has 1 fully saturated rings. The molecule has 70 valence electrons. The normalized spacial score (nSPS) is 26.6. The fourth-order valence-electron chi connectivity index (χ4n) is 1.68. The van der Waals surface area contributed by atoms with Crippen molar-refractivity contribution < 1.29 is 4.74 Å². The Morgan fingerprint density at radius 2 is 2.15 bits per heavy atom. The number of pyridine rings is 1. The summed E-state index contributed by atoms with van der Waals surface area (Å²) in [5, 5.41) is 0. The quantitative estimate of drug-likeness (QED) is 0.692. The van der Waals surface area contributed by atoms with Crippen molar-refractivity contribution in [2.75, 3.05) is 0 Å². The Balaban J connectivity index is 1.94. The van der Waals surface area contributed by atoms with Crippen LogP contribution in [-0.2, 0) is 0 Å². The molecule has 0 bridgehead atoms. The largest absolute Gasteiger partial charge is 0.474 e. The number of aryl methyl sites for hydroxylation is 1. The summed E-state index contributed by atoms with van der Waals surface area (Å²) in [4.78, 5) is 4.30. The van der Waals surface area contributed by atoms with Crippen molar-refractivity contribution in [2.45, 2.75) is 32.8 Å². The SMILES string of the molecule is Cc1cccc(OC2CC(C)C2)n1. The van der Waals surface area contributed by atoms with Crippen LogP contribution in [0, 0.1) is 12.8 Å². The third kappa shape index (κ3) is 2.00. The molecule has 2 nitrogen and oxygen atoms in total. The molecule has 1 aromatic rings. The molecule has 1 heterocycles. The van der Waals surface area contributed by atoms with Gasteiger partial charge in [0.25, 0.3) is 0 Å². The molecule has 2 heteroatoms. The van der Waals surface area contributed by atoms with Crippen LogP contribution in [0.2, 0.25) is 0 Å². The van der Waals surface area contributed by atoms with Crippen LogP contribution in [0.1, 0.15) is 25.5 Å². The lowest BCUT2D eigenvalue weighted by molar-refractivity contribution is 0.0694. The predicted octanol–water partition coefficient (Wildman–Crippen LogP) is 2.57. The molecule has 0 atom stereocenters. The third-order valence-electron chi connectivity index (χ3n) is 2.48. The van der Waals surface area contributed by atoms with Gasteiger partial charge in [-0.05, 0) is 31.7 Å². The Morgan fingerprint density at radius 3 is 2.77 bits per heavy atom. The molecule has 0 saturated heterocycles. The molecule has 1 aliphatic rings. The summed E-state index contributed by atoms with van der Waals surface area (Å²) in [6, 6.07) is 5.89. The molecule has 1 aromatic heterocycles. The van der Waals surface area contributed by atoms with Crippen LogP contribution >= 0.6 is 0 Å². The molecule has 0 unspecified atom stereocenters. The van der Waals surface area contributed by atoms with E-state index in [0.29, 0.717) is 6.10 Å². The topological polar surface area (TPSA) is 22.1 Å². The summed E-state index contributed by atoms with van der Waals surface area (Å²) >= 11 is 0. The smallest absolute Gasteiger partial charge is 0.213 e. The summed E-state index contributed by atoms with van der Waals surface area (Å²) in [5.41, 5.74) is 1.02. The van der Waals surface area contributed by atoms with E-state index in [4.69, 9.17) is 4.74 Å². The standard InChI is InChI=1S/C11H15NO/c1-8-6-10(7-8)13-11-5-3-4-9(2)12-11/h3-5,8,10H,6-7H2,1-2H3. The van der Waals surface area contributed by atoms with Crippen molar-refractivity contribution in [3.63, 3.8) is 0 Å². The van der Waals surface area contributed by atoms with Gasteiger partial charge in [0.15, 0.2) is 0 Å². The van der Waals surface area contributed by atoms with Crippen molar-refractivity contribution in [1.29, 1.82) is 0 Å². The lowest BCUT2D eigenvalue weighted by Gasteiger charge is -2.32. The first-order chi connectivity index (χ1) is 6.24. The lowest BCUT2D eigenvalue weighted by Crippen LogP contribution is -2.32. The monoisotopic (exact) mass is 177 g/mol. The van der Waals surface area contributed by atoms with Gasteiger partial charge in [-0.25, -0.2) is 4.98 Å². The zero-order chi connectivity index (χ0) is 9.26. The van der Waals surface area contributed by atoms with Gasteiger partial charge in [-0.15, -0.1) is 0 Å². The van der Waals surface area contributed by atoms with Crippen LogP contribution < -0.4 is 4.74 Å². The highest BCUT2D eigenvalue weighted by Crippen LogP contribution is 2.29. The Morgan fingerprint density at radius 1 is 1.38 bits per heavy atom. The molecule has 0 amide bonds. The van der Waals surface area contributed by atoms with Crippen molar-refractivity contribution >= 4 is 0 Å². The summed E-state index contributed by atoms with van der Waals surface area (Å²) in [6.07, 6.45) is 2.76. The molecule has 1 saturated carbocycles. The first-order valence-electron chi connectivity index (χ1n) is 4.84. The van der Waals surface area contributed by atoms with E-state index in [-0.39, 0.29) is 0 Å². The minimum absolute atomic E-state index is 0.407. The summed E-state index contributed by atoms with van der Waals surface area (Å²) in [5.74, 6) is 1.60. The van der Waals surface area contributed by atoms with Crippen molar-refractivity contribution in [3.05, 3.63) is 23.9 Å². The van der Waals surface area contributed by atoms with E-state index in [1.54, 1.807) is 0 Å². The van der Waals surface area contributed by atoms with Gasteiger partial charge in [0, 0.05) is 11.8 Å². The maximum absolute atomic E-state index is 5.69. The maximum Gasteiger partial charge on any atom is 0.213 e. The van der Waals surface area contributed by atoms with Gasteiger partial charge in [0.2, 0.25) is 5.88 Å². The molecule has 0 aliphatic heterocycles. The van der Waals surface area contributed by atoms with E-state index in [2.05, 4.69) is 11.9 Å². The highest BCUT2D eigenvalue weighted by atomic mass is 16.5. The maximum atomic E-state index is 5.69. The number of aromatic nitrogens is 1. The van der Waals surface area contributed by atoms with E-state index < -0.39 is 0 Å². The van der Waals surface area contributed by atoms with Crippen LogP contribution in [0.3, 0.4) is 0 Å². The highest BCUT2D eigenvalue weighted by Gasteiger charge is 2.27. The minimum Gasteiger partial charge on any atom is -0.474 e. The average Bonchev–Trinajstić information content (AvgIpc) is 2.01. The zero-order valence-corrected chi connectivity index (χ0v) is 8.16. The van der Waals surface area contributed by atoms with Gasteiger partial charge in [0.1, 0.15) is 6.10 Å². The van der Waals surface area contributed by atoms with E-state index >= 15 is 0 Å². The second-order valence-electron chi connectivity index (χ2n) is 3.93. The molecule has 0 radical (unpaired) electrons. The van der Waals surface area contributed by atoms with Gasteiger partial charge in [-0.1, -0.05) is 13.0 Å². The molecule has 0 N–H and O–H groups in total. The molecule has 1 aliphatic carbocycles. The number of hydrogen-bond acceptors (Lipinski definition) is 2. The summed E-state index contributed by atoms with van der Waals surface area (Å²) in [6.45, 7) is 4.24. The Hall–Kier alpha value is -1.05. The first-order valence-corrected chi connectivity index (χ1v) is 4.84. The number of ether oxygens (including phenoxy) is 1. The van der Waals surface area contributed by atoms with Gasteiger partial charge < -0.3 is 4.74 Å². The van der Waals surface area contributed by atoms with Gasteiger partial charge in [0.05, 0.1) is 0 Å². The zero-order valence-electron chi connectivity index (χ0n) is 8.16. The summed E-state index contributed by atoms with van der Waals surface area (Å²) in [7, 11) is 0. The predicted molar refractivity (Wildman–Crippen MR) is 51.8 cm³/mol. The summed E-state index contributed by atoms with van der Waals surface area (Å²) < 4.78 is 5.69. The van der Waals surface area contributed by atoms with Crippen LogP contribution in [0.25, 0.3) is 0 Å². The lowest BCUT2D eigenvalue weighted by atomic mass is 9.84. The van der Waals surface area contributed by atoms with Crippen molar-refractivity contribution in [2.24, 2.45) is 5.92 Å². The second-order valence-corrected chi connectivity index (χ2v) is 3.93. The minimum atomic E-state index is 0.407. The van der Waals surface area contributed by atoms with E-state index in [9.17, 15) is 0 Å². The van der Waals surface area contributed by atoms with E-state index in [0.717, 1.165) is 17.5 Å². The molecule has 0 spiro atoms. The molecular weight excluding hydrogens is 162 g/mol. The van der Waals surface area contributed by atoms with Crippen LogP contribution in [0.15, 0.2) is 18.2 Å². The number of hydrogen-bond donors (Lipinski definition) is 0. The van der Waals surface area contributed by atoms with E-state index in [1.807, 2.05) is 25.1 Å².